The number of imide groups is 1. The first-order valence-electron chi connectivity index (χ1n) is 8.04. The zero-order chi connectivity index (χ0) is 17.4. The van der Waals surface area contributed by atoms with Gasteiger partial charge < -0.3 is 10.6 Å². The van der Waals surface area contributed by atoms with E-state index >= 15 is 0 Å². The van der Waals surface area contributed by atoms with Crippen LogP contribution >= 0.6 is 23.1 Å². The van der Waals surface area contributed by atoms with Crippen LogP contribution in [0.5, 0.6) is 0 Å². The molecule has 1 heterocycles. The molecule has 9 heteroatoms. The van der Waals surface area contributed by atoms with Crippen LogP contribution in [0.4, 0.5) is 9.93 Å². The molecule has 3 N–H and O–H groups in total. The van der Waals surface area contributed by atoms with E-state index in [0.29, 0.717) is 16.0 Å². The normalized spacial score (nSPS) is 16.2. The van der Waals surface area contributed by atoms with E-state index in [9.17, 15) is 9.59 Å². The second kappa shape index (κ2) is 9.63. The first-order chi connectivity index (χ1) is 11.6. The molecular formula is C15H23N5O2S2. The molecule has 0 aliphatic heterocycles. The number of carbonyl (C=O) groups excluding carboxylic acids is 2. The zero-order valence-electron chi connectivity index (χ0n) is 13.7. The highest BCUT2D eigenvalue weighted by Gasteiger charge is 2.21. The van der Waals surface area contributed by atoms with Gasteiger partial charge in [0.2, 0.25) is 11.0 Å². The summed E-state index contributed by atoms with van der Waals surface area (Å²) in [6.45, 7) is 5.97. The minimum atomic E-state index is -0.428. The van der Waals surface area contributed by atoms with Gasteiger partial charge in [0, 0.05) is 12.6 Å². The number of hydrogen-bond acceptors (Lipinski definition) is 7. The predicted octanol–water partition coefficient (Wildman–Crippen LogP) is 2.78. The zero-order valence-corrected chi connectivity index (χ0v) is 15.3. The van der Waals surface area contributed by atoms with Gasteiger partial charge in [0.25, 0.3) is 0 Å². The molecule has 0 spiro atoms. The van der Waals surface area contributed by atoms with Gasteiger partial charge in [0.15, 0.2) is 4.34 Å². The van der Waals surface area contributed by atoms with Gasteiger partial charge in [0.1, 0.15) is 0 Å². The molecule has 1 atom stereocenters. The number of thioether (sulfide) groups is 1. The molecule has 1 saturated carbocycles. The summed E-state index contributed by atoms with van der Waals surface area (Å²) in [6.07, 6.45) is 7.18. The lowest BCUT2D eigenvalue weighted by Gasteiger charge is -2.22. The summed E-state index contributed by atoms with van der Waals surface area (Å²) >= 11 is 2.65. The van der Waals surface area contributed by atoms with Crippen molar-refractivity contribution in [1.82, 2.24) is 20.8 Å². The number of hydrogen-bond donors (Lipinski definition) is 3. The molecular weight excluding hydrogens is 346 g/mol. The van der Waals surface area contributed by atoms with Crippen LogP contribution in [0, 0.1) is 0 Å². The quantitative estimate of drug-likeness (QED) is 0.505. The molecule has 0 unspecified atom stereocenters. The van der Waals surface area contributed by atoms with E-state index in [0.717, 1.165) is 25.7 Å². The van der Waals surface area contributed by atoms with E-state index in [4.69, 9.17) is 0 Å². The highest BCUT2D eigenvalue weighted by atomic mass is 32.2. The average molecular weight is 370 g/mol. The minimum absolute atomic E-state index is 0.177. The highest BCUT2D eigenvalue weighted by molar-refractivity contribution is 8.02. The second-order valence-corrected chi connectivity index (χ2v) is 8.17. The third-order valence-corrected chi connectivity index (χ3v) is 5.69. The van der Waals surface area contributed by atoms with Crippen molar-refractivity contribution in [2.24, 2.45) is 0 Å². The van der Waals surface area contributed by atoms with Crippen molar-refractivity contribution in [1.29, 1.82) is 0 Å². The van der Waals surface area contributed by atoms with E-state index in [2.05, 4.69) is 32.7 Å². The molecule has 0 saturated heterocycles. The number of aromatic nitrogens is 2. The predicted molar refractivity (Wildman–Crippen MR) is 97.5 cm³/mol. The van der Waals surface area contributed by atoms with E-state index in [1.54, 1.807) is 13.0 Å². The Labute approximate surface area is 150 Å². The molecule has 3 amide bonds. The van der Waals surface area contributed by atoms with Gasteiger partial charge in [-0.1, -0.05) is 48.4 Å². The number of urea groups is 1. The fourth-order valence-electron chi connectivity index (χ4n) is 2.37. The maximum atomic E-state index is 12.1. The van der Waals surface area contributed by atoms with E-state index in [1.165, 1.54) is 29.5 Å². The average Bonchev–Trinajstić information content (AvgIpc) is 3.01. The SMILES string of the molecule is C=CCNc1nnc(S[C@H](C)C(=O)NC(=O)NC2CCCCC2)s1. The van der Waals surface area contributed by atoms with Crippen molar-refractivity contribution < 1.29 is 9.59 Å². The molecule has 1 aliphatic carbocycles. The lowest BCUT2D eigenvalue weighted by atomic mass is 9.96. The standard InChI is InChI=1S/C15H23N5O2S2/c1-3-9-16-14-19-20-15(24-14)23-10(2)12(21)18-13(22)17-11-7-5-4-6-8-11/h3,10-11H,1,4-9H2,2H3,(H,16,19)(H2,17,18,21,22)/t10-/m1/s1. The number of amides is 3. The summed E-state index contributed by atoms with van der Waals surface area (Å²) in [4.78, 5) is 24.0. The number of nitrogens with zero attached hydrogens (tertiary/aromatic N) is 2. The van der Waals surface area contributed by atoms with Crippen LogP contribution in [-0.2, 0) is 4.79 Å². The Morgan fingerprint density at radius 1 is 1.38 bits per heavy atom. The van der Waals surface area contributed by atoms with Crippen LogP contribution in [0.25, 0.3) is 0 Å². The van der Waals surface area contributed by atoms with E-state index in [-0.39, 0.29) is 11.9 Å². The fraction of sp³-hybridized carbons (Fsp3) is 0.600. The Balaban J connectivity index is 1.75. The van der Waals surface area contributed by atoms with Crippen LogP contribution < -0.4 is 16.0 Å². The van der Waals surface area contributed by atoms with Gasteiger partial charge in [-0.2, -0.15) is 0 Å². The van der Waals surface area contributed by atoms with Crippen LogP contribution in [0.2, 0.25) is 0 Å². The maximum absolute atomic E-state index is 12.1. The monoisotopic (exact) mass is 369 g/mol. The molecule has 1 aromatic rings. The molecule has 0 aromatic carbocycles. The first-order valence-corrected chi connectivity index (χ1v) is 9.74. The van der Waals surface area contributed by atoms with Gasteiger partial charge in [-0.15, -0.1) is 16.8 Å². The van der Waals surface area contributed by atoms with E-state index < -0.39 is 11.3 Å². The Kier molecular flexibility index (Phi) is 7.51. The molecule has 1 aliphatic rings. The minimum Gasteiger partial charge on any atom is -0.357 e. The number of anilines is 1. The smallest absolute Gasteiger partial charge is 0.321 e. The summed E-state index contributed by atoms with van der Waals surface area (Å²) in [6, 6.07) is -0.235. The summed E-state index contributed by atoms with van der Waals surface area (Å²) in [7, 11) is 0. The molecule has 0 bridgehead atoms. The van der Waals surface area contributed by atoms with Crippen molar-refractivity contribution in [2.75, 3.05) is 11.9 Å². The molecule has 0 radical (unpaired) electrons. The number of carbonyl (C=O) groups is 2. The Bertz CT molecular complexity index is 572. The molecule has 7 nitrogen and oxygen atoms in total. The largest absolute Gasteiger partial charge is 0.357 e. The van der Waals surface area contributed by atoms with Crippen LogP contribution in [-0.4, -0.2) is 40.0 Å². The Morgan fingerprint density at radius 3 is 2.83 bits per heavy atom. The van der Waals surface area contributed by atoms with Gasteiger partial charge in [-0.05, 0) is 19.8 Å². The Morgan fingerprint density at radius 2 is 2.12 bits per heavy atom. The highest BCUT2D eigenvalue weighted by Crippen LogP contribution is 2.28. The molecule has 132 valence electrons. The van der Waals surface area contributed by atoms with Crippen LogP contribution in [0.15, 0.2) is 17.0 Å². The summed E-state index contributed by atoms with van der Waals surface area (Å²) < 4.78 is 0.678. The third-order valence-electron chi connectivity index (χ3n) is 3.63. The number of nitrogens with one attached hydrogen (secondary N) is 3. The van der Waals surface area contributed by atoms with Crippen molar-refractivity contribution in [3.63, 3.8) is 0 Å². The van der Waals surface area contributed by atoms with Crippen molar-refractivity contribution in [3.8, 4) is 0 Å². The van der Waals surface area contributed by atoms with Crippen LogP contribution in [0.1, 0.15) is 39.0 Å². The topological polar surface area (TPSA) is 96.0 Å². The lowest BCUT2D eigenvalue weighted by molar-refractivity contribution is -0.119. The summed E-state index contributed by atoms with van der Waals surface area (Å²) in [5.41, 5.74) is 0. The van der Waals surface area contributed by atoms with Gasteiger partial charge in [-0.3, -0.25) is 10.1 Å². The summed E-state index contributed by atoms with van der Waals surface area (Å²) in [5.74, 6) is -0.330. The molecule has 2 rings (SSSR count). The number of rotatable bonds is 7. The maximum Gasteiger partial charge on any atom is 0.321 e. The van der Waals surface area contributed by atoms with E-state index in [1.807, 2.05) is 0 Å². The second-order valence-electron chi connectivity index (χ2n) is 5.60. The summed E-state index contributed by atoms with van der Waals surface area (Å²) in [5, 5.41) is 16.6. The van der Waals surface area contributed by atoms with Crippen molar-refractivity contribution >= 4 is 40.2 Å². The van der Waals surface area contributed by atoms with Gasteiger partial charge >= 0.3 is 6.03 Å². The van der Waals surface area contributed by atoms with Crippen molar-refractivity contribution in [2.45, 2.75) is 54.7 Å². The molecule has 24 heavy (non-hydrogen) atoms. The van der Waals surface area contributed by atoms with Crippen molar-refractivity contribution in [3.05, 3.63) is 12.7 Å². The van der Waals surface area contributed by atoms with Gasteiger partial charge in [-0.25, -0.2) is 4.79 Å². The Hall–Kier alpha value is -1.61. The first kappa shape index (κ1) is 18.7. The lowest BCUT2D eigenvalue weighted by Crippen LogP contribution is -2.47. The molecule has 1 aromatic heterocycles. The third kappa shape index (κ3) is 6.12. The van der Waals surface area contributed by atoms with Crippen LogP contribution in [0.3, 0.4) is 0 Å². The molecule has 1 fully saturated rings. The van der Waals surface area contributed by atoms with Gasteiger partial charge in [0.05, 0.1) is 5.25 Å². The fourth-order valence-corrected chi connectivity index (χ4v) is 4.28.